The zero-order chi connectivity index (χ0) is 19.0. The van der Waals surface area contributed by atoms with E-state index in [-0.39, 0.29) is 11.9 Å². The lowest BCUT2D eigenvalue weighted by Crippen LogP contribution is -2.72. The van der Waals surface area contributed by atoms with Gasteiger partial charge in [0.25, 0.3) is 0 Å². The van der Waals surface area contributed by atoms with E-state index in [2.05, 4.69) is 9.88 Å². The summed E-state index contributed by atoms with van der Waals surface area (Å²) in [7, 11) is 1.92. The number of quaternary nitrogens is 1. The summed E-state index contributed by atoms with van der Waals surface area (Å²) >= 11 is 0. The number of aromatic nitrogens is 2. The first-order chi connectivity index (χ1) is 13.1. The lowest BCUT2D eigenvalue weighted by atomic mass is 10.1. The van der Waals surface area contributed by atoms with Gasteiger partial charge in [0.15, 0.2) is 0 Å². The van der Waals surface area contributed by atoms with Gasteiger partial charge in [-0.3, -0.25) is 4.79 Å². The number of carbonyl (C=O) groups is 1. The van der Waals surface area contributed by atoms with Crippen LogP contribution in [-0.2, 0) is 11.3 Å². The van der Waals surface area contributed by atoms with Gasteiger partial charge in [-0.05, 0) is 31.2 Å². The Hall–Kier alpha value is -2.87. The molecule has 1 fully saturated rings. The van der Waals surface area contributed by atoms with Crippen molar-refractivity contribution in [3.8, 4) is 5.75 Å². The average molecular weight is 369 g/mol. The number of nitrogens with one attached hydrogen (secondary N) is 2. The van der Waals surface area contributed by atoms with Crippen LogP contribution in [0.15, 0.2) is 18.3 Å². The molecular formula is C19H25N6O2+. The zero-order valence-electron chi connectivity index (χ0n) is 15.4. The van der Waals surface area contributed by atoms with E-state index in [1.165, 1.54) is 6.21 Å². The van der Waals surface area contributed by atoms with Gasteiger partial charge in [-0.15, -0.1) is 0 Å². The van der Waals surface area contributed by atoms with Gasteiger partial charge >= 0.3 is 0 Å². The van der Waals surface area contributed by atoms with Crippen LogP contribution in [0.2, 0.25) is 0 Å². The molecule has 1 saturated carbocycles. The van der Waals surface area contributed by atoms with E-state index in [4.69, 9.17) is 20.9 Å². The molecule has 2 aromatic rings. The number of nitrogens with zero attached hydrogens (tertiary/aromatic N) is 2. The lowest BCUT2D eigenvalue weighted by Gasteiger charge is -2.17. The van der Waals surface area contributed by atoms with Crippen molar-refractivity contribution < 1.29 is 14.8 Å². The summed E-state index contributed by atoms with van der Waals surface area (Å²) in [6, 6.07) is 3.49. The van der Waals surface area contributed by atoms with Crippen molar-refractivity contribution in [2.45, 2.75) is 31.8 Å². The number of allylic oxidation sites excluding steroid dienone is 1. The largest absolute Gasteiger partial charge is 0.491 e. The summed E-state index contributed by atoms with van der Waals surface area (Å²) in [5, 5.41) is 12.9. The molecule has 2 heterocycles. The summed E-state index contributed by atoms with van der Waals surface area (Å²) in [6.07, 6.45) is 6.12. The first-order valence-corrected chi connectivity index (χ1v) is 9.35. The monoisotopic (exact) mass is 369 g/mol. The Balaban J connectivity index is 1.81. The molecule has 1 aromatic carbocycles. The van der Waals surface area contributed by atoms with Crippen LogP contribution in [0.1, 0.15) is 25.1 Å². The van der Waals surface area contributed by atoms with Gasteiger partial charge < -0.3 is 31.1 Å². The van der Waals surface area contributed by atoms with Crippen LogP contribution in [0.5, 0.6) is 5.75 Å². The van der Waals surface area contributed by atoms with E-state index in [0.29, 0.717) is 12.5 Å². The Morgan fingerprint density at radius 2 is 2.33 bits per heavy atom. The topological polar surface area (TPSA) is 123 Å². The Morgan fingerprint density at radius 1 is 1.52 bits per heavy atom. The summed E-state index contributed by atoms with van der Waals surface area (Å²) in [6.45, 7) is 1.40. The quantitative estimate of drug-likeness (QED) is 0.536. The van der Waals surface area contributed by atoms with Gasteiger partial charge in [0.2, 0.25) is 5.91 Å². The lowest BCUT2D eigenvalue weighted by molar-refractivity contribution is -0.555. The molecule has 8 heteroatoms. The maximum absolute atomic E-state index is 11.8. The van der Waals surface area contributed by atoms with Crippen LogP contribution in [0.3, 0.4) is 0 Å². The predicted molar refractivity (Wildman–Crippen MR) is 104 cm³/mol. The van der Waals surface area contributed by atoms with Crippen molar-refractivity contribution in [3.05, 3.63) is 24.2 Å². The Kier molecular flexibility index (Phi) is 4.57. The van der Waals surface area contributed by atoms with E-state index < -0.39 is 0 Å². The number of anilines is 1. The Morgan fingerprint density at radius 3 is 3.00 bits per heavy atom. The molecule has 1 aromatic heterocycles. The Labute approximate surface area is 157 Å². The van der Waals surface area contributed by atoms with Crippen LogP contribution in [-0.4, -0.2) is 41.4 Å². The second kappa shape index (κ2) is 7.03. The first-order valence-electron chi connectivity index (χ1n) is 9.35. The highest BCUT2D eigenvalue weighted by atomic mass is 16.5. The van der Waals surface area contributed by atoms with Crippen LogP contribution in [0.25, 0.3) is 16.6 Å². The number of hydrogen-bond acceptors (Lipinski definition) is 5. The number of carbonyl (C=O) groups excluding carboxylic acids is 1. The van der Waals surface area contributed by atoms with Crippen molar-refractivity contribution in [1.29, 1.82) is 5.41 Å². The average Bonchev–Trinajstić information content (AvgIpc) is 3.44. The molecule has 0 radical (unpaired) electrons. The third-order valence-electron chi connectivity index (χ3n) is 5.07. The number of nitrogens with two attached hydrogens (primary N) is 2. The molecule has 1 aliphatic heterocycles. The number of ether oxygens (including phenoxy) is 1. The highest BCUT2D eigenvalue weighted by molar-refractivity contribution is 6.07. The third-order valence-corrected chi connectivity index (χ3v) is 5.07. The second-order valence-electron chi connectivity index (χ2n) is 7.09. The number of hydrogen-bond donors (Lipinski definition) is 4. The highest BCUT2D eigenvalue weighted by Crippen LogP contribution is 2.37. The number of benzene rings is 1. The standard InChI is InChI=1S/C19H24N6O2/c1-22-10-12(9-20)19-24-14-7-13(23-16(18(21)26)11-3-4-11)8-15-17(14)25(19)5-2-6-27-15/h7-11,16,20,22-23H,2-6H2,1H3,(H2,21,26)/p+1. The van der Waals surface area contributed by atoms with Gasteiger partial charge in [0, 0.05) is 24.5 Å². The van der Waals surface area contributed by atoms with Gasteiger partial charge in [0.1, 0.15) is 29.3 Å². The summed E-state index contributed by atoms with van der Waals surface area (Å²) in [5.41, 5.74) is 8.83. The maximum Gasteiger partial charge on any atom is 0.240 e. The van der Waals surface area contributed by atoms with Crippen molar-refractivity contribution in [3.63, 3.8) is 0 Å². The summed E-state index contributed by atoms with van der Waals surface area (Å²) in [5.74, 6) is 1.48. The van der Waals surface area contributed by atoms with E-state index in [0.717, 1.165) is 59.7 Å². The van der Waals surface area contributed by atoms with Crippen molar-refractivity contribution in [1.82, 2.24) is 9.55 Å². The minimum absolute atomic E-state index is 0.305. The summed E-state index contributed by atoms with van der Waals surface area (Å²) in [4.78, 5) is 16.6. The molecule has 6 N–H and O–H groups in total. The fraction of sp³-hybridized carbons (Fsp3) is 0.421. The molecule has 0 bridgehead atoms. The number of imidazole rings is 1. The molecule has 8 nitrogen and oxygen atoms in total. The van der Waals surface area contributed by atoms with Gasteiger partial charge in [-0.2, -0.15) is 0 Å². The molecule has 2 aliphatic rings. The number of aryl methyl sites for hydroxylation is 1. The normalized spacial score (nSPS) is 17.9. The molecule has 1 atom stereocenters. The van der Waals surface area contributed by atoms with Gasteiger partial charge in [-0.1, -0.05) is 0 Å². The molecule has 1 aliphatic carbocycles. The molecular weight excluding hydrogens is 344 g/mol. The zero-order valence-corrected chi connectivity index (χ0v) is 15.4. The van der Waals surface area contributed by atoms with E-state index in [9.17, 15) is 4.79 Å². The minimum atomic E-state index is -0.367. The fourth-order valence-corrected chi connectivity index (χ4v) is 3.66. The van der Waals surface area contributed by atoms with E-state index in [1.807, 2.05) is 30.7 Å². The maximum atomic E-state index is 11.8. The van der Waals surface area contributed by atoms with E-state index in [1.54, 1.807) is 0 Å². The summed E-state index contributed by atoms with van der Waals surface area (Å²) < 4.78 is 8.08. The van der Waals surface area contributed by atoms with Gasteiger partial charge in [-0.25, -0.2) is 4.98 Å². The molecule has 142 valence electrons. The number of amides is 1. The molecule has 0 spiro atoms. The smallest absolute Gasteiger partial charge is 0.240 e. The molecule has 4 rings (SSSR count). The molecule has 27 heavy (non-hydrogen) atoms. The SMILES string of the molecule is C[NH2+]C=C(C=N)c1nc2cc(NC(C(N)=O)C3CC3)cc3c2n1CCCO3. The van der Waals surface area contributed by atoms with Crippen LogP contribution >= 0.6 is 0 Å². The van der Waals surface area contributed by atoms with Crippen LogP contribution in [0, 0.1) is 11.3 Å². The number of rotatable bonds is 7. The third kappa shape index (κ3) is 3.28. The fourth-order valence-electron chi connectivity index (χ4n) is 3.66. The molecule has 1 unspecified atom stereocenters. The molecule has 1 amide bonds. The Bertz CT molecular complexity index is 928. The van der Waals surface area contributed by atoms with Crippen LogP contribution in [0.4, 0.5) is 5.69 Å². The van der Waals surface area contributed by atoms with Crippen molar-refractivity contribution in [2.24, 2.45) is 11.7 Å². The highest BCUT2D eigenvalue weighted by Gasteiger charge is 2.35. The van der Waals surface area contributed by atoms with Gasteiger partial charge in [0.05, 0.1) is 24.7 Å². The molecule has 0 saturated heterocycles. The van der Waals surface area contributed by atoms with E-state index >= 15 is 0 Å². The second-order valence-corrected chi connectivity index (χ2v) is 7.09. The minimum Gasteiger partial charge on any atom is -0.491 e. The number of primary amides is 1. The van der Waals surface area contributed by atoms with Crippen LogP contribution < -0.4 is 21.1 Å². The first kappa shape index (κ1) is 17.5. The predicted octanol–water partition coefficient (Wildman–Crippen LogP) is 0.678. The van der Waals surface area contributed by atoms with Crippen molar-refractivity contribution in [2.75, 3.05) is 19.0 Å². The van der Waals surface area contributed by atoms with Crippen molar-refractivity contribution >= 4 is 34.4 Å².